The van der Waals surface area contributed by atoms with E-state index >= 15 is 0 Å². The van der Waals surface area contributed by atoms with Gasteiger partial charge in [-0.3, -0.25) is 14.4 Å². The fourth-order valence-electron chi connectivity index (χ4n) is 5.77. The molecule has 0 saturated heterocycles. The molecule has 336 valence electrons. The van der Waals surface area contributed by atoms with Gasteiger partial charge in [-0.2, -0.15) is 0 Å². The molecule has 0 aliphatic heterocycles. The lowest BCUT2D eigenvalue weighted by atomic mass is 10.1. The number of esters is 3. The van der Waals surface area contributed by atoms with Crippen LogP contribution in [0, 0.1) is 0 Å². The van der Waals surface area contributed by atoms with Gasteiger partial charge in [0.25, 0.3) is 0 Å². The van der Waals surface area contributed by atoms with Gasteiger partial charge in [-0.05, 0) is 89.9 Å². The number of carbonyl (C=O) groups is 3. The number of hydrogen-bond donors (Lipinski definition) is 0. The summed E-state index contributed by atoms with van der Waals surface area (Å²) in [6.45, 7) is 6.22. The average Bonchev–Trinajstić information content (AvgIpc) is 3.24. The van der Waals surface area contributed by atoms with Crippen LogP contribution >= 0.6 is 0 Å². The highest BCUT2D eigenvalue weighted by atomic mass is 16.6. The molecule has 0 aromatic heterocycles. The molecule has 0 aliphatic rings. The molecule has 1 unspecified atom stereocenters. The zero-order chi connectivity index (χ0) is 43.7. The molecule has 6 nitrogen and oxygen atoms in total. The highest BCUT2D eigenvalue weighted by Gasteiger charge is 2.19. The van der Waals surface area contributed by atoms with Crippen molar-refractivity contribution >= 4 is 17.9 Å². The maximum Gasteiger partial charge on any atom is 0.306 e. The van der Waals surface area contributed by atoms with Gasteiger partial charge in [-0.1, -0.05) is 194 Å². The minimum atomic E-state index is -0.825. The summed E-state index contributed by atoms with van der Waals surface area (Å²) in [7, 11) is 0. The van der Waals surface area contributed by atoms with Crippen LogP contribution in [0.4, 0.5) is 0 Å². The predicted molar refractivity (Wildman–Crippen MR) is 256 cm³/mol. The Bertz CT molecular complexity index is 1320. The van der Waals surface area contributed by atoms with Crippen LogP contribution in [0.1, 0.15) is 181 Å². The third-order valence-electron chi connectivity index (χ3n) is 9.29. The van der Waals surface area contributed by atoms with E-state index < -0.39 is 6.10 Å². The Labute approximate surface area is 367 Å². The molecule has 60 heavy (non-hydrogen) atoms. The van der Waals surface area contributed by atoms with Crippen molar-refractivity contribution in [2.45, 2.75) is 187 Å². The lowest BCUT2D eigenvalue weighted by molar-refractivity contribution is -0.166. The van der Waals surface area contributed by atoms with Crippen LogP contribution in [0.2, 0.25) is 0 Å². The fourth-order valence-corrected chi connectivity index (χ4v) is 5.77. The van der Waals surface area contributed by atoms with Gasteiger partial charge in [0, 0.05) is 19.3 Å². The zero-order valence-corrected chi connectivity index (χ0v) is 38.2. The highest BCUT2D eigenvalue weighted by Crippen LogP contribution is 2.12. The lowest BCUT2D eigenvalue weighted by Gasteiger charge is -2.18. The van der Waals surface area contributed by atoms with Crippen molar-refractivity contribution in [1.29, 1.82) is 0 Å². The Morgan fingerprint density at radius 1 is 0.367 bits per heavy atom. The smallest absolute Gasteiger partial charge is 0.306 e. The number of carbonyl (C=O) groups excluding carboxylic acids is 3. The first-order valence-electron chi connectivity index (χ1n) is 23.6. The van der Waals surface area contributed by atoms with Crippen LogP contribution in [0.15, 0.2) is 122 Å². The molecule has 0 aromatic carbocycles. The SMILES string of the molecule is CC\C=C/C=C\C=C/C=C\CCCCCCCC(=O)OC(COC(=O)CC/C=C\C/C=C\C/C=C\C/C=C\C/C=C\CC)COC(=O)CCCCCCC/C=C\CCCC. The summed E-state index contributed by atoms with van der Waals surface area (Å²) in [5, 5.41) is 0. The standard InChI is InChI=1S/C54H84O6/c1-4-7-10-13-16-19-22-24-26-28-29-32-35-38-41-44-47-53(56)59-50-51(49-58-52(55)46-43-40-37-34-31-21-18-15-12-9-6-3)60-54(57)48-45-42-39-36-33-30-27-25-23-20-17-14-11-8-5-2/h7-8,10-11,14-20,23-27,29,32,38,41,51H,4-6,9,12-13,21-22,28,30-31,33-37,39-40,42-50H2,1-3H3/b10-7-,11-8-,17-14-,18-15-,19-16-,23-20-,26-24-,27-25-,32-29-,41-38-. The maximum atomic E-state index is 12.7. The van der Waals surface area contributed by atoms with Crippen molar-refractivity contribution in [1.82, 2.24) is 0 Å². The molecule has 0 spiro atoms. The molecule has 0 bridgehead atoms. The van der Waals surface area contributed by atoms with E-state index in [2.05, 4.69) is 106 Å². The fraction of sp³-hybridized carbons (Fsp3) is 0.574. The number of rotatable bonds is 40. The first kappa shape index (κ1) is 55.8. The van der Waals surface area contributed by atoms with Gasteiger partial charge in [-0.25, -0.2) is 0 Å². The van der Waals surface area contributed by atoms with Crippen molar-refractivity contribution in [2.24, 2.45) is 0 Å². The van der Waals surface area contributed by atoms with Gasteiger partial charge >= 0.3 is 17.9 Å². The summed E-state index contributed by atoms with van der Waals surface area (Å²) in [5.74, 6) is -1.05. The number of ether oxygens (including phenoxy) is 3. The van der Waals surface area contributed by atoms with E-state index in [0.29, 0.717) is 12.8 Å². The second kappa shape index (κ2) is 47.5. The molecule has 0 aromatic rings. The van der Waals surface area contributed by atoms with Gasteiger partial charge < -0.3 is 14.2 Å². The van der Waals surface area contributed by atoms with Gasteiger partial charge in [0.05, 0.1) is 0 Å². The second-order valence-corrected chi connectivity index (χ2v) is 15.0. The number of hydrogen-bond acceptors (Lipinski definition) is 6. The van der Waals surface area contributed by atoms with Crippen LogP contribution in [-0.4, -0.2) is 37.2 Å². The van der Waals surface area contributed by atoms with E-state index in [-0.39, 0.29) is 44.0 Å². The Hall–Kier alpha value is -4.19. The van der Waals surface area contributed by atoms with E-state index in [9.17, 15) is 14.4 Å². The maximum absolute atomic E-state index is 12.7. The van der Waals surface area contributed by atoms with Gasteiger partial charge in [0.2, 0.25) is 0 Å². The molecule has 0 aliphatic carbocycles. The monoisotopic (exact) mass is 829 g/mol. The first-order chi connectivity index (χ1) is 29.5. The topological polar surface area (TPSA) is 78.9 Å². The van der Waals surface area contributed by atoms with E-state index in [4.69, 9.17) is 14.2 Å². The summed E-state index contributed by atoms with van der Waals surface area (Å²) < 4.78 is 16.6. The molecule has 0 radical (unpaired) electrons. The van der Waals surface area contributed by atoms with E-state index in [1.54, 1.807) is 0 Å². The Kier molecular flexibility index (Phi) is 44.2. The molecule has 0 amide bonds. The third kappa shape index (κ3) is 44.9. The molecule has 0 N–H and O–H groups in total. The quantitative estimate of drug-likeness (QED) is 0.0201. The summed E-state index contributed by atoms with van der Waals surface area (Å²) >= 11 is 0. The molecular weight excluding hydrogens is 745 g/mol. The molecular formula is C54H84O6. The Morgan fingerprint density at radius 2 is 0.767 bits per heavy atom. The van der Waals surface area contributed by atoms with Crippen LogP contribution in [-0.2, 0) is 28.6 Å². The van der Waals surface area contributed by atoms with Gasteiger partial charge in [0.1, 0.15) is 13.2 Å². The van der Waals surface area contributed by atoms with Crippen molar-refractivity contribution in [3.8, 4) is 0 Å². The van der Waals surface area contributed by atoms with Crippen LogP contribution in [0.3, 0.4) is 0 Å². The largest absolute Gasteiger partial charge is 0.462 e. The van der Waals surface area contributed by atoms with Crippen molar-refractivity contribution in [3.63, 3.8) is 0 Å². The van der Waals surface area contributed by atoms with Gasteiger partial charge in [-0.15, -0.1) is 0 Å². The number of allylic oxidation sites excluding steroid dienone is 20. The van der Waals surface area contributed by atoms with Crippen LogP contribution in [0.25, 0.3) is 0 Å². The third-order valence-corrected chi connectivity index (χ3v) is 9.29. The molecule has 0 heterocycles. The molecule has 0 rings (SSSR count). The minimum Gasteiger partial charge on any atom is -0.462 e. The Morgan fingerprint density at radius 3 is 1.32 bits per heavy atom. The Balaban J connectivity index is 4.58. The van der Waals surface area contributed by atoms with E-state index in [1.165, 1.54) is 25.7 Å². The summed E-state index contributed by atoms with van der Waals surface area (Å²) in [6.07, 6.45) is 64.7. The summed E-state index contributed by atoms with van der Waals surface area (Å²) in [6, 6.07) is 0. The number of unbranched alkanes of at least 4 members (excludes halogenated alkanes) is 12. The van der Waals surface area contributed by atoms with Crippen molar-refractivity contribution in [2.75, 3.05) is 13.2 Å². The van der Waals surface area contributed by atoms with Gasteiger partial charge in [0.15, 0.2) is 6.10 Å². The lowest BCUT2D eigenvalue weighted by Crippen LogP contribution is -2.30. The second-order valence-electron chi connectivity index (χ2n) is 15.0. The normalized spacial score (nSPS) is 13.2. The predicted octanol–water partition coefficient (Wildman–Crippen LogP) is 15.4. The molecule has 0 saturated carbocycles. The average molecular weight is 829 g/mol. The highest BCUT2D eigenvalue weighted by molar-refractivity contribution is 5.71. The van der Waals surface area contributed by atoms with Crippen LogP contribution < -0.4 is 0 Å². The van der Waals surface area contributed by atoms with Crippen molar-refractivity contribution < 1.29 is 28.6 Å². The minimum absolute atomic E-state index is 0.119. The zero-order valence-electron chi connectivity index (χ0n) is 38.2. The van der Waals surface area contributed by atoms with Crippen molar-refractivity contribution in [3.05, 3.63) is 122 Å². The summed E-state index contributed by atoms with van der Waals surface area (Å²) in [5.41, 5.74) is 0. The molecule has 6 heteroatoms. The van der Waals surface area contributed by atoms with Crippen LogP contribution in [0.5, 0.6) is 0 Å². The molecule has 1 atom stereocenters. The van der Waals surface area contributed by atoms with E-state index in [0.717, 1.165) is 109 Å². The summed E-state index contributed by atoms with van der Waals surface area (Å²) in [4.78, 5) is 37.8. The molecule has 0 fully saturated rings. The first-order valence-corrected chi connectivity index (χ1v) is 23.6. The van der Waals surface area contributed by atoms with E-state index in [1.807, 2.05) is 36.5 Å².